The summed E-state index contributed by atoms with van der Waals surface area (Å²) in [7, 11) is 0. The molecule has 1 aromatic heterocycles. The summed E-state index contributed by atoms with van der Waals surface area (Å²) in [6.45, 7) is 7.51. The lowest BCUT2D eigenvalue weighted by atomic mass is 9.90. The third kappa shape index (κ3) is 4.07. The second-order valence-electron chi connectivity index (χ2n) is 7.76. The lowest BCUT2D eigenvalue weighted by molar-refractivity contribution is 0.0967. The number of allylic oxidation sites excluding steroid dienone is 2. The van der Waals surface area contributed by atoms with Crippen LogP contribution in [0.25, 0.3) is 0 Å². The second-order valence-corrected chi connectivity index (χ2v) is 7.76. The van der Waals surface area contributed by atoms with Crippen molar-refractivity contribution in [2.75, 3.05) is 44.2 Å². The van der Waals surface area contributed by atoms with Gasteiger partial charge >= 0.3 is 0 Å². The van der Waals surface area contributed by atoms with E-state index >= 15 is 0 Å². The van der Waals surface area contributed by atoms with Gasteiger partial charge in [-0.05, 0) is 32.0 Å². The molecule has 2 aliphatic rings. The Morgan fingerprint density at radius 1 is 1.03 bits per heavy atom. The molecule has 0 spiro atoms. The van der Waals surface area contributed by atoms with Gasteiger partial charge in [-0.2, -0.15) is 0 Å². The van der Waals surface area contributed by atoms with E-state index in [2.05, 4.69) is 32.2 Å². The van der Waals surface area contributed by atoms with Crippen LogP contribution in [-0.4, -0.2) is 60.7 Å². The molecule has 0 bridgehead atoms. The van der Waals surface area contributed by atoms with Crippen LogP contribution < -0.4 is 16.0 Å². The van der Waals surface area contributed by atoms with Crippen LogP contribution in [0, 0.1) is 6.92 Å². The van der Waals surface area contributed by atoms with Gasteiger partial charge in [-0.1, -0.05) is 24.3 Å². The van der Waals surface area contributed by atoms with Crippen LogP contribution in [0.1, 0.15) is 32.8 Å². The van der Waals surface area contributed by atoms with Gasteiger partial charge in [0.25, 0.3) is 0 Å². The number of rotatable bonds is 6. The molecule has 0 radical (unpaired) electrons. The van der Waals surface area contributed by atoms with Crippen LogP contribution >= 0.6 is 0 Å². The standard InChI is InChI=1S/C23H27N5O2/c1-16-15-17(7-9-25-16)28-13-11-27(12-14-28)10-4-8-26-21-20(24)22(29)18-5-2-3-6-19(18)23(21)30/h2-3,5-7,9,15,26H,4,8,10-14,24H2,1H3. The number of anilines is 1. The number of nitrogens with zero attached hydrogens (tertiary/aromatic N) is 3. The van der Waals surface area contributed by atoms with Crippen molar-refractivity contribution in [3.63, 3.8) is 0 Å². The predicted molar refractivity (Wildman–Crippen MR) is 117 cm³/mol. The monoisotopic (exact) mass is 405 g/mol. The van der Waals surface area contributed by atoms with Crippen LogP contribution in [0.5, 0.6) is 0 Å². The fourth-order valence-electron chi connectivity index (χ4n) is 4.04. The molecule has 2 aromatic rings. The number of nitrogens with two attached hydrogens (primary N) is 1. The number of carbonyl (C=O) groups excluding carboxylic acids is 2. The first-order chi connectivity index (χ1) is 14.5. The third-order valence-corrected chi connectivity index (χ3v) is 5.73. The zero-order valence-corrected chi connectivity index (χ0v) is 17.2. The Balaban J connectivity index is 1.26. The Hall–Kier alpha value is -3.19. The molecule has 30 heavy (non-hydrogen) atoms. The average molecular weight is 406 g/mol. The van der Waals surface area contributed by atoms with E-state index in [0.717, 1.165) is 44.8 Å². The summed E-state index contributed by atoms with van der Waals surface area (Å²) < 4.78 is 0. The first-order valence-electron chi connectivity index (χ1n) is 10.4. The molecule has 0 saturated carbocycles. The number of ketones is 2. The minimum absolute atomic E-state index is 0.0139. The lowest BCUT2D eigenvalue weighted by Crippen LogP contribution is -2.47. The van der Waals surface area contributed by atoms with E-state index in [4.69, 9.17) is 5.73 Å². The fraction of sp³-hybridized carbons (Fsp3) is 0.348. The topological polar surface area (TPSA) is 91.6 Å². The third-order valence-electron chi connectivity index (χ3n) is 5.73. The molecule has 1 aliphatic heterocycles. The zero-order chi connectivity index (χ0) is 21.1. The van der Waals surface area contributed by atoms with E-state index < -0.39 is 0 Å². The van der Waals surface area contributed by atoms with Gasteiger partial charge in [-0.25, -0.2) is 0 Å². The molecule has 1 aliphatic carbocycles. The van der Waals surface area contributed by atoms with Crippen molar-refractivity contribution in [1.82, 2.24) is 15.2 Å². The normalized spacial score (nSPS) is 17.3. The molecular formula is C23H27N5O2. The van der Waals surface area contributed by atoms with Crippen molar-refractivity contribution in [1.29, 1.82) is 0 Å². The van der Waals surface area contributed by atoms with Crippen molar-refractivity contribution in [2.45, 2.75) is 13.3 Å². The highest BCUT2D eigenvalue weighted by Crippen LogP contribution is 2.22. The Labute approximate surface area is 176 Å². The van der Waals surface area contributed by atoms with Crippen molar-refractivity contribution >= 4 is 17.3 Å². The number of carbonyl (C=O) groups is 2. The molecule has 7 heteroatoms. The van der Waals surface area contributed by atoms with E-state index in [1.165, 1.54) is 5.69 Å². The summed E-state index contributed by atoms with van der Waals surface area (Å²) in [5, 5.41) is 3.11. The molecule has 0 atom stereocenters. The number of hydrogen-bond acceptors (Lipinski definition) is 7. The molecule has 4 rings (SSSR count). The number of nitrogens with one attached hydrogen (secondary N) is 1. The molecule has 7 nitrogen and oxygen atoms in total. The van der Waals surface area contributed by atoms with Gasteiger partial charge in [0.1, 0.15) is 11.4 Å². The minimum atomic E-state index is -0.282. The van der Waals surface area contributed by atoms with Crippen LogP contribution in [-0.2, 0) is 0 Å². The summed E-state index contributed by atoms with van der Waals surface area (Å²) in [5.41, 5.74) is 9.27. The van der Waals surface area contributed by atoms with Gasteiger partial charge < -0.3 is 16.0 Å². The number of Topliss-reactive ketones (excluding diaryl/α,β-unsaturated/α-hetero) is 2. The largest absolute Gasteiger partial charge is 0.394 e. The number of benzene rings is 1. The van der Waals surface area contributed by atoms with E-state index in [1.807, 2.05) is 13.1 Å². The van der Waals surface area contributed by atoms with Gasteiger partial charge in [-0.3, -0.25) is 19.5 Å². The Morgan fingerprint density at radius 2 is 1.73 bits per heavy atom. The number of hydrogen-bond donors (Lipinski definition) is 2. The van der Waals surface area contributed by atoms with Crippen LogP contribution in [0.15, 0.2) is 54.0 Å². The molecule has 3 N–H and O–H groups in total. The molecule has 1 fully saturated rings. The van der Waals surface area contributed by atoms with Gasteiger partial charge in [0, 0.05) is 61.4 Å². The van der Waals surface area contributed by atoms with Crippen molar-refractivity contribution in [3.8, 4) is 0 Å². The van der Waals surface area contributed by atoms with Crippen LogP contribution in [0.4, 0.5) is 5.69 Å². The summed E-state index contributed by atoms with van der Waals surface area (Å²) in [6, 6.07) is 11.0. The number of fused-ring (bicyclic) bond motifs is 1. The molecule has 1 aromatic carbocycles. The molecule has 0 amide bonds. The highest BCUT2D eigenvalue weighted by atomic mass is 16.1. The van der Waals surface area contributed by atoms with E-state index in [1.54, 1.807) is 24.3 Å². The predicted octanol–water partition coefficient (Wildman–Crippen LogP) is 1.74. The van der Waals surface area contributed by atoms with Crippen molar-refractivity contribution in [3.05, 3.63) is 70.8 Å². The number of piperazine rings is 1. The summed E-state index contributed by atoms with van der Waals surface area (Å²) in [6.07, 6.45) is 2.73. The van der Waals surface area contributed by atoms with Crippen LogP contribution in [0.3, 0.4) is 0 Å². The second kappa shape index (κ2) is 8.67. The lowest BCUT2D eigenvalue weighted by Gasteiger charge is -2.36. The first-order valence-corrected chi connectivity index (χ1v) is 10.4. The van der Waals surface area contributed by atoms with Gasteiger partial charge in [0.15, 0.2) is 0 Å². The Kier molecular flexibility index (Phi) is 5.81. The van der Waals surface area contributed by atoms with Crippen molar-refractivity contribution in [2.24, 2.45) is 5.73 Å². The Bertz CT molecular complexity index is 993. The number of pyridine rings is 1. The fourth-order valence-corrected chi connectivity index (χ4v) is 4.04. The molecule has 0 unspecified atom stereocenters. The number of aryl methyl sites for hydroxylation is 1. The summed E-state index contributed by atoms with van der Waals surface area (Å²) >= 11 is 0. The van der Waals surface area contributed by atoms with Crippen LogP contribution in [0.2, 0.25) is 0 Å². The maximum absolute atomic E-state index is 12.7. The maximum Gasteiger partial charge on any atom is 0.211 e. The smallest absolute Gasteiger partial charge is 0.211 e. The highest BCUT2D eigenvalue weighted by molar-refractivity contribution is 6.26. The quantitative estimate of drug-likeness (QED) is 0.708. The number of aromatic nitrogens is 1. The summed E-state index contributed by atoms with van der Waals surface area (Å²) in [5.74, 6) is -0.487. The Morgan fingerprint density at radius 3 is 2.43 bits per heavy atom. The highest BCUT2D eigenvalue weighted by Gasteiger charge is 2.30. The SMILES string of the molecule is Cc1cc(N2CCN(CCCNC3=C(N)C(=O)c4ccccc4C3=O)CC2)ccn1. The maximum atomic E-state index is 12.7. The van der Waals surface area contributed by atoms with E-state index in [9.17, 15) is 9.59 Å². The zero-order valence-electron chi connectivity index (χ0n) is 17.2. The van der Waals surface area contributed by atoms with Gasteiger partial charge in [0.05, 0.1) is 0 Å². The van der Waals surface area contributed by atoms with E-state index in [0.29, 0.717) is 17.7 Å². The van der Waals surface area contributed by atoms with Crippen molar-refractivity contribution < 1.29 is 9.59 Å². The molecule has 2 heterocycles. The van der Waals surface area contributed by atoms with Gasteiger partial charge in [0.2, 0.25) is 11.6 Å². The average Bonchev–Trinajstić information content (AvgIpc) is 2.77. The van der Waals surface area contributed by atoms with E-state index in [-0.39, 0.29) is 23.0 Å². The first kappa shape index (κ1) is 20.1. The van der Waals surface area contributed by atoms with Gasteiger partial charge in [-0.15, -0.1) is 0 Å². The minimum Gasteiger partial charge on any atom is -0.394 e. The molecule has 156 valence electrons. The summed E-state index contributed by atoms with van der Waals surface area (Å²) in [4.78, 5) is 34.2. The molecular weight excluding hydrogens is 378 g/mol. The molecule has 1 saturated heterocycles.